The molecule has 4 nitrogen and oxygen atoms in total. The molecule has 0 spiro atoms. The summed E-state index contributed by atoms with van der Waals surface area (Å²) in [4.78, 5) is 0. The van der Waals surface area contributed by atoms with E-state index in [9.17, 15) is 5.11 Å². The van der Waals surface area contributed by atoms with Crippen LogP contribution in [0.2, 0.25) is 0 Å². The number of hydrogen-bond acceptors (Lipinski definition) is 4. The van der Waals surface area contributed by atoms with Crippen molar-refractivity contribution in [1.29, 1.82) is 0 Å². The summed E-state index contributed by atoms with van der Waals surface area (Å²) in [7, 11) is 1.54. The van der Waals surface area contributed by atoms with Gasteiger partial charge in [-0.2, -0.15) is 0 Å². The maximum Gasteiger partial charge on any atom is 0.160 e. The third kappa shape index (κ3) is 3.29. The maximum absolute atomic E-state index is 9.71. The number of hydrogen-bond donors (Lipinski definition) is 2. The van der Waals surface area contributed by atoms with E-state index in [0.29, 0.717) is 12.3 Å². The van der Waals surface area contributed by atoms with E-state index in [1.54, 1.807) is 12.1 Å². The standard InChI is InChI=1S/C15H19NO3/c1-10-4-6-14(19-10)11(2)16-9-12-5-7-15(18-3)13(17)8-12/h4-8,11,16-17H,9H2,1-3H3. The molecule has 1 aromatic carbocycles. The van der Waals surface area contributed by atoms with Gasteiger partial charge in [0.15, 0.2) is 11.5 Å². The van der Waals surface area contributed by atoms with Gasteiger partial charge in [-0.3, -0.25) is 0 Å². The summed E-state index contributed by atoms with van der Waals surface area (Å²) < 4.78 is 10.6. The number of aromatic hydroxyl groups is 1. The molecular formula is C15H19NO3. The second-order valence-electron chi connectivity index (χ2n) is 4.56. The number of rotatable bonds is 5. The molecule has 0 aliphatic carbocycles. The first-order chi connectivity index (χ1) is 9.10. The van der Waals surface area contributed by atoms with Gasteiger partial charge in [0.25, 0.3) is 0 Å². The van der Waals surface area contributed by atoms with Crippen molar-refractivity contribution < 1.29 is 14.3 Å². The second-order valence-corrected chi connectivity index (χ2v) is 4.56. The first-order valence-electron chi connectivity index (χ1n) is 6.25. The van der Waals surface area contributed by atoms with E-state index in [4.69, 9.17) is 9.15 Å². The molecule has 0 saturated carbocycles. The summed E-state index contributed by atoms with van der Waals surface area (Å²) in [5, 5.41) is 13.1. The lowest BCUT2D eigenvalue weighted by molar-refractivity contribution is 0.372. The minimum atomic E-state index is 0.123. The Morgan fingerprint density at radius 1 is 1.32 bits per heavy atom. The molecule has 19 heavy (non-hydrogen) atoms. The summed E-state index contributed by atoms with van der Waals surface area (Å²) in [5.74, 6) is 2.46. The lowest BCUT2D eigenvalue weighted by Gasteiger charge is -2.12. The van der Waals surface area contributed by atoms with Crippen molar-refractivity contribution in [2.75, 3.05) is 7.11 Å². The summed E-state index contributed by atoms with van der Waals surface area (Å²) in [5.41, 5.74) is 0.994. The average molecular weight is 261 g/mol. The van der Waals surface area contributed by atoms with Crippen LogP contribution in [0, 0.1) is 6.92 Å². The Hall–Kier alpha value is -1.94. The number of phenols is 1. The third-order valence-electron chi connectivity index (χ3n) is 3.04. The molecule has 2 rings (SSSR count). The molecule has 0 aliphatic heterocycles. The number of benzene rings is 1. The number of ether oxygens (including phenoxy) is 1. The number of furan rings is 1. The van der Waals surface area contributed by atoms with E-state index in [-0.39, 0.29) is 11.8 Å². The molecule has 1 aromatic heterocycles. The Bertz CT molecular complexity index is 548. The zero-order valence-electron chi connectivity index (χ0n) is 11.4. The van der Waals surface area contributed by atoms with E-state index in [1.807, 2.05) is 32.0 Å². The lowest BCUT2D eigenvalue weighted by Crippen LogP contribution is -2.17. The molecule has 0 amide bonds. The van der Waals surface area contributed by atoms with Crippen LogP contribution in [0.4, 0.5) is 0 Å². The molecule has 0 fully saturated rings. The van der Waals surface area contributed by atoms with Crippen molar-refractivity contribution >= 4 is 0 Å². The fourth-order valence-electron chi connectivity index (χ4n) is 1.90. The van der Waals surface area contributed by atoms with E-state index in [0.717, 1.165) is 17.1 Å². The van der Waals surface area contributed by atoms with Crippen LogP contribution in [0.25, 0.3) is 0 Å². The smallest absolute Gasteiger partial charge is 0.160 e. The molecule has 0 saturated heterocycles. The Labute approximate surface area is 113 Å². The Balaban J connectivity index is 1.97. The Kier molecular flexibility index (Phi) is 4.12. The molecule has 1 unspecified atom stereocenters. The van der Waals surface area contributed by atoms with E-state index in [1.165, 1.54) is 7.11 Å². The molecular weight excluding hydrogens is 242 g/mol. The Morgan fingerprint density at radius 2 is 2.11 bits per heavy atom. The summed E-state index contributed by atoms with van der Waals surface area (Å²) in [6.45, 7) is 4.62. The summed E-state index contributed by atoms with van der Waals surface area (Å²) in [6, 6.07) is 9.43. The lowest BCUT2D eigenvalue weighted by atomic mass is 10.2. The van der Waals surface area contributed by atoms with Gasteiger partial charge in [0, 0.05) is 6.54 Å². The Morgan fingerprint density at radius 3 is 2.68 bits per heavy atom. The molecule has 0 aliphatic rings. The van der Waals surface area contributed by atoms with Gasteiger partial charge in [0.05, 0.1) is 13.2 Å². The van der Waals surface area contributed by atoms with Crippen molar-refractivity contribution in [3.05, 3.63) is 47.4 Å². The summed E-state index contributed by atoms with van der Waals surface area (Å²) in [6.07, 6.45) is 0. The molecule has 2 aromatic rings. The van der Waals surface area contributed by atoms with Crippen LogP contribution in [0.3, 0.4) is 0 Å². The van der Waals surface area contributed by atoms with Gasteiger partial charge in [0.1, 0.15) is 11.5 Å². The predicted molar refractivity (Wildman–Crippen MR) is 73.4 cm³/mol. The van der Waals surface area contributed by atoms with Crippen LogP contribution in [0.15, 0.2) is 34.7 Å². The van der Waals surface area contributed by atoms with Gasteiger partial charge >= 0.3 is 0 Å². The summed E-state index contributed by atoms with van der Waals surface area (Å²) >= 11 is 0. The highest BCUT2D eigenvalue weighted by molar-refractivity contribution is 5.41. The zero-order valence-corrected chi connectivity index (χ0v) is 11.4. The van der Waals surface area contributed by atoms with Gasteiger partial charge in [-0.15, -0.1) is 0 Å². The molecule has 102 valence electrons. The van der Waals surface area contributed by atoms with Gasteiger partial charge in [0.2, 0.25) is 0 Å². The number of phenolic OH excluding ortho intramolecular Hbond substituents is 1. The van der Waals surface area contributed by atoms with Gasteiger partial charge in [-0.05, 0) is 43.7 Å². The minimum absolute atomic E-state index is 0.123. The number of aryl methyl sites for hydroxylation is 1. The monoisotopic (exact) mass is 261 g/mol. The van der Waals surface area contributed by atoms with Crippen molar-refractivity contribution in [2.24, 2.45) is 0 Å². The number of methoxy groups -OCH3 is 1. The maximum atomic E-state index is 9.71. The average Bonchev–Trinajstić information content (AvgIpc) is 2.83. The van der Waals surface area contributed by atoms with Crippen molar-refractivity contribution in [3.63, 3.8) is 0 Å². The zero-order chi connectivity index (χ0) is 13.8. The highest BCUT2D eigenvalue weighted by atomic mass is 16.5. The van der Waals surface area contributed by atoms with Crippen molar-refractivity contribution in [1.82, 2.24) is 5.32 Å². The largest absolute Gasteiger partial charge is 0.504 e. The van der Waals surface area contributed by atoms with Gasteiger partial charge in [-0.1, -0.05) is 6.07 Å². The molecule has 1 atom stereocenters. The predicted octanol–water partition coefficient (Wildman–Crippen LogP) is 3.15. The van der Waals surface area contributed by atoms with Gasteiger partial charge in [-0.25, -0.2) is 0 Å². The van der Waals surface area contributed by atoms with E-state index < -0.39 is 0 Å². The van der Waals surface area contributed by atoms with E-state index in [2.05, 4.69) is 5.32 Å². The highest BCUT2D eigenvalue weighted by Crippen LogP contribution is 2.26. The van der Waals surface area contributed by atoms with Crippen LogP contribution in [0.5, 0.6) is 11.5 Å². The van der Waals surface area contributed by atoms with Crippen molar-refractivity contribution in [3.8, 4) is 11.5 Å². The molecule has 4 heteroatoms. The van der Waals surface area contributed by atoms with Crippen LogP contribution in [0.1, 0.15) is 30.0 Å². The highest BCUT2D eigenvalue weighted by Gasteiger charge is 2.09. The minimum Gasteiger partial charge on any atom is -0.504 e. The van der Waals surface area contributed by atoms with Gasteiger partial charge < -0.3 is 19.6 Å². The first-order valence-corrected chi connectivity index (χ1v) is 6.25. The second kappa shape index (κ2) is 5.80. The normalized spacial score (nSPS) is 12.4. The SMILES string of the molecule is COc1ccc(CNC(C)c2ccc(C)o2)cc1O. The van der Waals surface area contributed by atoms with Crippen LogP contribution in [-0.4, -0.2) is 12.2 Å². The third-order valence-corrected chi connectivity index (χ3v) is 3.04. The molecule has 0 bridgehead atoms. The fraction of sp³-hybridized carbons (Fsp3) is 0.333. The topological polar surface area (TPSA) is 54.6 Å². The molecule has 1 heterocycles. The van der Waals surface area contributed by atoms with Crippen molar-refractivity contribution in [2.45, 2.75) is 26.4 Å². The van der Waals surface area contributed by atoms with Crippen LogP contribution < -0.4 is 10.1 Å². The van der Waals surface area contributed by atoms with Crippen LogP contribution in [-0.2, 0) is 6.54 Å². The van der Waals surface area contributed by atoms with E-state index >= 15 is 0 Å². The molecule has 2 N–H and O–H groups in total. The number of nitrogens with one attached hydrogen (secondary N) is 1. The fourth-order valence-corrected chi connectivity index (χ4v) is 1.90. The molecule has 0 radical (unpaired) electrons. The quantitative estimate of drug-likeness (QED) is 0.868. The first kappa shape index (κ1) is 13.5. The van der Waals surface area contributed by atoms with Crippen LogP contribution >= 0.6 is 0 Å².